The van der Waals surface area contributed by atoms with Crippen LogP contribution in [0.1, 0.15) is 34.6 Å². The summed E-state index contributed by atoms with van der Waals surface area (Å²) in [7, 11) is -3.91. The number of benzene rings is 2. The van der Waals surface area contributed by atoms with Gasteiger partial charge in [-0.3, -0.25) is 4.90 Å². The Hall–Kier alpha value is -2.21. The Morgan fingerprint density at radius 3 is 2.03 bits per heavy atom. The Kier molecular flexibility index (Phi) is 6.85. The second-order valence-corrected chi connectivity index (χ2v) is 12.2. The van der Waals surface area contributed by atoms with Crippen molar-refractivity contribution < 1.29 is 28.3 Å². The van der Waals surface area contributed by atoms with Gasteiger partial charge in [-0.1, -0.05) is 60.7 Å². The van der Waals surface area contributed by atoms with Gasteiger partial charge in [0.05, 0.1) is 12.6 Å². The monoisotopic (exact) mass is 463 g/mol. The van der Waals surface area contributed by atoms with E-state index in [1.807, 2.05) is 0 Å². The molecule has 1 N–H and O–H groups in total. The van der Waals surface area contributed by atoms with Gasteiger partial charge in [-0.25, -0.2) is 9.18 Å². The van der Waals surface area contributed by atoms with E-state index in [1.165, 1.54) is 4.90 Å². The van der Waals surface area contributed by atoms with Gasteiger partial charge < -0.3 is 19.1 Å². The molecule has 8 heteroatoms. The lowest BCUT2D eigenvalue weighted by Gasteiger charge is -2.38. The van der Waals surface area contributed by atoms with Crippen LogP contribution in [-0.4, -0.2) is 52.1 Å². The molecule has 2 aromatic carbocycles. The van der Waals surface area contributed by atoms with Gasteiger partial charge >= 0.3 is 6.09 Å². The lowest BCUT2D eigenvalue weighted by atomic mass is 10.1. The summed E-state index contributed by atoms with van der Waals surface area (Å²) in [5.74, 6) is -2.17. The van der Waals surface area contributed by atoms with Crippen molar-refractivity contribution in [1.29, 1.82) is 0 Å². The minimum Gasteiger partial charge on any atom is -0.444 e. The van der Waals surface area contributed by atoms with Gasteiger partial charge in [0.1, 0.15) is 17.4 Å². The zero-order valence-electron chi connectivity index (χ0n) is 19.1. The number of alkyl halides is 1. The van der Waals surface area contributed by atoms with E-state index in [0.29, 0.717) is 10.6 Å². The fourth-order valence-corrected chi connectivity index (χ4v) is 6.61. The van der Waals surface area contributed by atoms with E-state index in [9.17, 15) is 14.5 Å². The first kappa shape index (κ1) is 24.4. The molecule has 1 fully saturated rings. The maximum Gasteiger partial charge on any atom is 0.412 e. The SMILES string of the molecule is CC(C)(C)OC(=O)N1[C@@H]([C@H](O)[C@H](F)P(=O)(c2ccccc2)c2ccccc2)COC1(C)C. The van der Waals surface area contributed by atoms with Gasteiger partial charge in [0, 0.05) is 10.6 Å². The zero-order valence-corrected chi connectivity index (χ0v) is 20.0. The molecule has 0 spiro atoms. The number of amides is 1. The number of halogens is 1. The molecule has 3 rings (SSSR count). The Bertz CT molecular complexity index is 933. The summed E-state index contributed by atoms with van der Waals surface area (Å²) in [6.45, 7) is 8.33. The zero-order chi connectivity index (χ0) is 23.7. The van der Waals surface area contributed by atoms with Crippen LogP contribution >= 0.6 is 7.14 Å². The van der Waals surface area contributed by atoms with E-state index in [0.717, 1.165) is 0 Å². The molecule has 0 aromatic heterocycles. The van der Waals surface area contributed by atoms with Crippen molar-refractivity contribution in [3.8, 4) is 0 Å². The number of carbonyl (C=O) groups is 1. The number of aliphatic hydroxyl groups excluding tert-OH is 1. The quantitative estimate of drug-likeness (QED) is 0.678. The predicted molar refractivity (Wildman–Crippen MR) is 123 cm³/mol. The van der Waals surface area contributed by atoms with Crippen molar-refractivity contribution in [1.82, 2.24) is 4.90 Å². The molecule has 1 aliphatic rings. The standard InChI is InChI=1S/C24H31FNO5P/c1-23(2,3)31-22(28)26-19(16-30-24(26,4)5)20(27)21(25)32(29,17-12-8-6-9-13-17)18-14-10-7-11-15-18/h6-15,19-21,27H,16H2,1-5H3/t19-,20+,21-/m1/s1. The van der Waals surface area contributed by atoms with Crippen LogP contribution in [0.5, 0.6) is 0 Å². The molecule has 174 valence electrons. The molecule has 6 nitrogen and oxygen atoms in total. The van der Waals surface area contributed by atoms with Crippen molar-refractivity contribution in [3.05, 3.63) is 60.7 Å². The molecule has 0 bridgehead atoms. The summed E-state index contributed by atoms with van der Waals surface area (Å²) in [4.78, 5) is 14.1. The first-order valence-corrected chi connectivity index (χ1v) is 12.3. The van der Waals surface area contributed by atoms with Gasteiger partial charge in [0.15, 0.2) is 13.1 Å². The molecule has 3 atom stereocenters. The highest BCUT2D eigenvalue weighted by Gasteiger charge is 2.53. The molecule has 1 heterocycles. The number of rotatable bonds is 5. The number of carbonyl (C=O) groups excluding carboxylic acids is 1. The van der Waals surface area contributed by atoms with Gasteiger partial charge in [-0.05, 0) is 34.6 Å². The van der Waals surface area contributed by atoms with Crippen LogP contribution < -0.4 is 10.6 Å². The van der Waals surface area contributed by atoms with Gasteiger partial charge in [0.25, 0.3) is 0 Å². The predicted octanol–water partition coefficient (Wildman–Crippen LogP) is 4.03. The average molecular weight is 463 g/mol. The molecule has 0 unspecified atom stereocenters. The van der Waals surface area contributed by atoms with Gasteiger partial charge in [-0.15, -0.1) is 0 Å². The smallest absolute Gasteiger partial charge is 0.412 e. The van der Waals surface area contributed by atoms with Crippen LogP contribution in [0, 0.1) is 0 Å². The highest BCUT2D eigenvalue weighted by molar-refractivity contribution is 7.79. The first-order chi connectivity index (χ1) is 14.9. The highest BCUT2D eigenvalue weighted by Crippen LogP contribution is 2.52. The van der Waals surface area contributed by atoms with Crippen LogP contribution in [-0.2, 0) is 14.0 Å². The Labute approximate surface area is 188 Å². The molecular formula is C24H31FNO5P. The number of nitrogens with zero attached hydrogens (tertiary/aromatic N) is 1. The maximum atomic E-state index is 16.1. The van der Waals surface area contributed by atoms with E-state index < -0.39 is 42.6 Å². The van der Waals surface area contributed by atoms with E-state index in [2.05, 4.69) is 0 Å². The molecule has 1 amide bonds. The van der Waals surface area contributed by atoms with Crippen molar-refractivity contribution in [3.63, 3.8) is 0 Å². The number of ether oxygens (including phenoxy) is 2. The lowest BCUT2D eigenvalue weighted by Crippen LogP contribution is -2.55. The topological polar surface area (TPSA) is 76.1 Å². The fraction of sp³-hybridized carbons (Fsp3) is 0.458. The van der Waals surface area contributed by atoms with Crippen LogP contribution in [0.25, 0.3) is 0 Å². The normalized spacial score (nSPS) is 20.6. The molecule has 1 saturated heterocycles. The van der Waals surface area contributed by atoms with E-state index >= 15 is 4.39 Å². The average Bonchev–Trinajstić information content (AvgIpc) is 3.07. The largest absolute Gasteiger partial charge is 0.444 e. The van der Waals surface area contributed by atoms with E-state index in [-0.39, 0.29) is 6.61 Å². The molecule has 32 heavy (non-hydrogen) atoms. The van der Waals surface area contributed by atoms with Gasteiger partial charge in [-0.2, -0.15) is 0 Å². The summed E-state index contributed by atoms with van der Waals surface area (Å²) < 4.78 is 41.6. The van der Waals surface area contributed by atoms with Crippen LogP contribution in [0.4, 0.5) is 9.18 Å². The maximum absolute atomic E-state index is 16.1. The molecule has 1 aliphatic heterocycles. The second-order valence-electron chi connectivity index (χ2n) is 9.37. The van der Waals surface area contributed by atoms with Crippen molar-refractivity contribution in [2.75, 3.05) is 6.61 Å². The van der Waals surface area contributed by atoms with Crippen LogP contribution in [0.15, 0.2) is 60.7 Å². The van der Waals surface area contributed by atoms with Gasteiger partial charge in [0.2, 0.25) is 0 Å². The fourth-order valence-electron chi connectivity index (χ4n) is 3.88. The minimum atomic E-state index is -3.91. The molecule has 0 radical (unpaired) electrons. The molecule has 0 aliphatic carbocycles. The van der Waals surface area contributed by atoms with Crippen molar-refractivity contribution in [2.45, 2.75) is 64.0 Å². The highest BCUT2D eigenvalue weighted by atomic mass is 31.2. The minimum absolute atomic E-state index is 0.114. The third-order valence-corrected chi connectivity index (χ3v) is 8.54. The summed E-state index contributed by atoms with van der Waals surface area (Å²) >= 11 is 0. The van der Waals surface area contributed by atoms with Crippen molar-refractivity contribution >= 4 is 23.8 Å². The summed E-state index contributed by atoms with van der Waals surface area (Å²) in [5, 5.41) is 11.7. The summed E-state index contributed by atoms with van der Waals surface area (Å²) in [5.41, 5.74) is -1.92. The number of hydrogen-bond acceptors (Lipinski definition) is 5. The molecule has 2 aromatic rings. The number of aliphatic hydroxyl groups is 1. The van der Waals surface area contributed by atoms with E-state index in [1.54, 1.807) is 95.3 Å². The Balaban J connectivity index is 2.01. The first-order valence-electron chi connectivity index (χ1n) is 10.6. The lowest BCUT2D eigenvalue weighted by molar-refractivity contribution is -0.0694. The second kappa shape index (κ2) is 8.97. The molecular weight excluding hydrogens is 432 g/mol. The number of hydrogen-bond donors (Lipinski definition) is 1. The summed E-state index contributed by atoms with van der Waals surface area (Å²) in [6.07, 6.45) is -2.50. The third-order valence-electron chi connectivity index (χ3n) is 5.41. The van der Waals surface area contributed by atoms with Crippen LogP contribution in [0.2, 0.25) is 0 Å². The Morgan fingerprint density at radius 1 is 1.12 bits per heavy atom. The third kappa shape index (κ3) is 4.75. The van der Waals surface area contributed by atoms with Crippen molar-refractivity contribution in [2.24, 2.45) is 0 Å². The summed E-state index contributed by atoms with van der Waals surface area (Å²) in [6, 6.07) is 15.5. The van der Waals surface area contributed by atoms with E-state index in [4.69, 9.17) is 9.47 Å². The van der Waals surface area contributed by atoms with Crippen LogP contribution in [0.3, 0.4) is 0 Å². The Morgan fingerprint density at radius 2 is 1.59 bits per heavy atom. The molecule has 0 saturated carbocycles.